The van der Waals surface area contributed by atoms with Gasteiger partial charge in [0.1, 0.15) is 11.0 Å². The average molecular weight is 296 g/mol. The first kappa shape index (κ1) is 14.2. The molecule has 0 aliphatic carbocycles. The SMILES string of the molecule is O=C(NCCC(O)c1ccccc1)c1cccc2n[nH]nc12. The van der Waals surface area contributed by atoms with Gasteiger partial charge in [-0.1, -0.05) is 36.4 Å². The van der Waals surface area contributed by atoms with Gasteiger partial charge in [0.05, 0.1) is 11.7 Å². The van der Waals surface area contributed by atoms with E-state index in [9.17, 15) is 9.90 Å². The smallest absolute Gasteiger partial charge is 0.253 e. The number of nitrogens with zero attached hydrogens (tertiary/aromatic N) is 2. The summed E-state index contributed by atoms with van der Waals surface area (Å²) in [4.78, 5) is 12.2. The maximum atomic E-state index is 12.2. The lowest BCUT2D eigenvalue weighted by Gasteiger charge is -2.11. The van der Waals surface area contributed by atoms with E-state index in [0.717, 1.165) is 5.56 Å². The topological polar surface area (TPSA) is 90.9 Å². The van der Waals surface area contributed by atoms with E-state index in [-0.39, 0.29) is 5.91 Å². The zero-order chi connectivity index (χ0) is 15.4. The first-order valence-electron chi connectivity index (χ1n) is 7.06. The Morgan fingerprint density at radius 1 is 1.14 bits per heavy atom. The molecule has 0 saturated carbocycles. The van der Waals surface area contributed by atoms with Crippen LogP contribution in [0.3, 0.4) is 0 Å². The van der Waals surface area contributed by atoms with Crippen LogP contribution in [-0.2, 0) is 0 Å². The molecule has 3 rings (SSSR count). The number of aliphatic hydroxyl groups is 1. The predicted molar refractivity (Wildman–Crippen MR) is 82.2 cm³/mol. The van der Waals surface area contributed by atoms with Crippen molar-refractivity contribution >= 4 is 16.9 Å². The number of nitrogens with one attached hydrogen (secondary N) is 2. The standard InChI is InChI=1S/C16H16N4O2/c21-14(11-5-2-1-3-6-11)9-10-17-16(22)12-7-4-8-13-15(12)19-20-18-13/h1-8,14,21H,9-10H2,(H,17,22)(H,18,19,20). The van der Waals surface area contributed by atoms with Gasteiger partial charge >= 0.3 is 0 Å². The molecule has 1 aromatic heterocycles. The van der Waals surface area contributed by atoms with E-state index in [1.165, 1.54) is 0 Å². The summed E-state index contributed by atoms with van der Waals surface area (Å²) in [6.45, 7) is 0.378. The molecule has 0 radical (unpaired) electrons. The molecule has 1 unspecified atom stereocenters. The normalized spacial score (nSPS) is 12.2. The van der Waals surface area contributed by atoms with Crippen molar-refractivity contribution < 1.29 is 9.90 Å². The second-order valence-corrected chi connectivity index (χ2v) is 4.97. The number of amides is 1. The molecule has 0 bridgehead atoms. The summed E-state index contributed by atoms with van der Waals surface area (Å²) >= 11 is 0. The Bertz CT molecular complexity index is 770. The van der Waals surface area contributed by atoms with Crippen molar-refractivity contribution in [1.29, 1.82) is 0 Å². The minimum atomic E-state index is -0.593. The first-order valence-corrected chi connectivity index (χ1v) is 7.06. The number of hydrogen-bond donors (Lipinski definition) is 3. The molecule has 22 heavy (non-hydrogen) atoms. The Hall–Kier alpha value is -2.73. The van der Waals surface area contributed by atoms with Crippen LogP contribution >= 0.6 is 0 Å². The summed E-state index contributed by atoms with van der Waals surface area (Å²) in [5.41, 5.74) is 2.51. The third-order valence-electron chi connectivity index (χ3n) is 3.48. The molecule has 2 aromatic carbocycles. The van der Waals surface area contributed by atoms with E-state index in [1.54, 1.807) is 18.2 Å². The number of hydrogen-bond acceptors (Lipinski definition) is 4. The zero-order valence-corrected chi connectivity index (χ0v) is 11.9. The number of aromatic nitrogens is 3. The monoisotopic (exact) mass is 296 g/mol. The van der Waals surface area contributed by atoms with Gasteiger partial charge in [0.25, 0.3) is 5.91 Å². The lowest BCUT2D eigenvalue weighted by molar-refractivity contribution is 0.0944. The van der Waals surface area contributed by atoms with Gasteiger partial charge in [-0.15, -0.1) is 0 Å². The number of aromatic amines is 1. The molecular formula is C16H16N4O2. The Morgan fingerprint density at radius 3 is 2.77 bits per heavy atom. The van der Waals surface area contributed by atoms with Crippen molar-refractivity contribution in [2.24, 2.45) is 0 Å². The maximum Gasteiger partial charge on any atom is 0.253 e. The quantitative estimate of drug-likeness (QED) is 0.669. The van der Waals surface area contributed by atoms with Gasteiger partial charge in [0, 0.05) is 6.54 Å². The summed E-state index contributed by atoms with van der Waals surface area (Å²) in [5.74, 6) is -0.222. The Morgan fingerprint density at radius 2 is 1.95 bits per heavy atom. The number of fused-ring (bicyclic) bond motifs is 1. The first-order chi connectivity index (χ1) is 10.8. The third-order valence-corrected chi connectivity index (χ3v) is 3.48. The molecular weight excluding hydrogens is 280 g/mol. The van der Waals surface area contributed by atoms with Gasteiger partial charge in [-0.25, -0.2) is 0 Å². The van der Waals surface area contributed by atoms with Crippen molar-refractivity contribution in [3.63, 3.8) is 0 Å². The van der Waals surface area contributed by atoms with Crippen LogP contribution < -0.4 is 5.32 Å². The fourth-order valence-electron chi connectivity index (χ4n) is 2.31. The van der Waals surface area contributed by atoms with Crippen LogP contribution in [0, 0.1) is 0 Å². The van der Waals surface area contributed by atoms with Crippen LogP contribution in [0.1, 0.15) is 28.4 Å². The molecule has 1 amide bonds. The molecule has 6 heteroatoms. The van der Waals surface area contributed by atoms with Crippen molar-refractivity contribution in [1.82, 2.24) is 20.7 Å². The Kier molecular flexibility index (Phi) is 4.11. The second-order valence-electron chi connectivity index (χ2n) is 4.97. The maximum absolute atomic E-state index is 12.2. The molecule has 0 saturated heterocycles. The third kappa shape index (κ3) is 2.96. The van der Waals surface area contributed by atoms with Crippen molar-refractivity contribution in [3.05, 3.63) is 59.7 Å². The molecule has 1 atom stereocenters. The zero-order valence-electron chi connectivity index (χ0n) is 11.9. The highest BCUT2D eigenvalue weighted by Crippen LogP contribution is 2.16. The van der Waals surface area contributed by atoms with Gasteiger partial charge in [-0.05, 0) is 24.1 Å². The van der Waals surface area contributed by atoms with Gasteiger partial charge in [0.2, 0.25) is 0 Å². The molecule has 0 aliphatic heterocycles. The van der Waals surface area contributed by atoms with E-state index in [1.807, 2.05) is 30.3 Å². The summed E-state index contributed by atoms with van der Waals surface area (Å²) < 4.78 is 0. The van der Waals surface area contributed by atoms with Crippen LogP contribution in [0.25, 0.3) is 11.0 Å². The number of para-hydroxylation sites is 1. The molecule has 0 spiro atoms. The summed E-state index contributed by atoms with van der Waals surface area (Å²) in [6, 6.07) is 14.6. The molecule has 112 valence electrons. The molecule has 0 fully saturated rings. The van der Waals surface area contributed by atoms with Gasteiger partial charge < -0.3 is 10.4 Å². The molecule has 1 heterocycles. The lowest BCUT2D eigenvalue weighted by Crippen LogP contribution is -2.25. The van der Waals surface area contributed by atoms with Crippen molar-refractivity contribution in [2.75, 3.05) is 6.54 Å². The van der Waals surface area contributed by atoms with Crippen LogP contribution in [0.5, 0.6) is 0 Å². The molecule has 6 nitrogen and oxygen atoms in total. The summed E-state index contributed by atoms with van der Waals surface area (Å²) in [7, 11) is 0. The largest absolute Gasteiger partial charge is 0.388 e. The number of aliphatic hydroxyl groups excluding tert-OH is 1. The fourth-order valence-corrected chi connectivity index (χ4v) is 2.31. The van der Waals surface area contributed by atoms with E-state index < -0.39 is 6.10 Å². The minimum Gasteiger partial charge on any atom is -0.388 e. The number of H-pyrrole nitrogens is 1. The van der Waals surface area contributed by atoms with E-state index in [2.05, 4.69) is 20.7 Å². The highest BCUT2D eigenvalue weighted by atomic mass is 16.3. The predicted octanol–water partition coefficient (Wildman–Crippen LogP) is 1.81. The van der Waals surface area contributed by atoms with Gasteiger partial charge in [-0.2, -0.15) is 15.4 Å². The Balaban J connectivity index is 1.60. The highest BCUT2D eigenvalue weighted by Gasteiger charge is 2.13. The van der Waals surface area contributed by atoms with Crippen LogP contribution in [0.2, 0.25) is 0 Å². The van der Waals surface area contributed by atoms with Gasteiger partial charge in [-0.3, -0.25) is 4.79 Å². The number of benzene rings is 2. The van der Waals surface area contributed by atoms with Crippen LogP contribution in [-0.4, -0.2) is 33.0 Å². The summed E-state index contributed by atoms with van der Waals surface area (Å²) in [5, 5.41) is 23.3. The second kappa shape index (κ2) is 6.36. The van der Waals surface area contributed by atoms with Gasteiger partial charge in [0.15, 0.2) is 0 Å². The van der Waals surface area contributed by atoms with E-state index in [0.29, 0.717) is 29.6 Å². The van der Waals surface area contributed by atoms with E-state index >= 15 is 0 Å². The fraction of sp³-hybridized carbons (Fsp3) is 0.188. The van der Waals surface area contributed by atoms with E-state index in [4.69, 9.17) is 0 Å². The highest BCUT2D eigenvalue weighted by molar-refractivity contribution is 6.04. The molecule has 0 aliphatic rings. The Labute approximate surface area is 127 Å². The van der Waals surface area contributed by atoms with Crippen LogP contribution in [0.4, 0.5) is 0 Å². The summed E-state index contributed by atoms with van der Waals surface area (Å²) in [6.07, 6.45) is -0.144. The van der Waals surface area contributed by atoms with Crippen molar-refractivity contribution in [2.45, 2.75) is 12.5 Å². The number of rotatable bonds is 5. The van der Waals surface area contributed by atoms with Crippen molar-refractivity contribution in [3.8, 4) is 0 Å². The molecule has 3 aromatic rings. The number of carbonyl (C=O) groups is 1. The van der Waals surface area contributed by atoms with Crippen LogP contribution in [0.15, 0.2) is 48.5 Å². The number of carbonyl (C=O) groups excluding carboxylic acids is 1. The molecule has 3 N–H and O–H groups in total. The average Bonchev–Trinajstić information content (AvgIpc) is 3.04. The minimum absolute atomic E-state index is 0.222. The lowest BCUT2D eigenvalue weighted by atomic mass is 10.1.